The van der Waals surface area contributed by atoms with Gasteiger partial charge in [-0.2, -0.15) is 0 Å². The summed E-state index contributed by atoms with van der Waals surface area (Å²) < 4.78 is 9.69. The predicted molar refractivity (Wildman–Crippen MR) is 258 cm³/mol. The highest BCUT2D eigenvalue weighted by atomic mass is 16.5. The zero-order chi connectivity index (χ0) is 46.7. The Morgan fingerprint density at radius 1 is 0.652 bits per heavy atom. The first-order valence-corrected chi connectivity index (χ1v) is 23.9. The second-order valence-electron chi connectivity index (χ2n) is 20.3. The van der Waals surface area contributed by atoms with Crippen LogP contribution in [0.25, 0.3) is 27.8 Å². The van der Waals surface area contributed by atoms with Crippen LogP contribution in [0.1, 0.15) is 108 Å². The van der Waals surface area contributed by atoms with Crippen molar-refractivity contribution >= 4 is 46.7 Å². The average Bonchev–Trinajstić information content (AvgIpc) is 4.18. The number of hydrogen-bond acceptors (Lipinski definition) is 9. The van der Waals surface area contributed by atoms with Crippen LogP contribution in [0.5, 0.6) is 0 Å². The number of aliphatic imine (C=N–C) groups is 2. The minimum absolute atomic E-state index is 0.0871. The molecule has 13 nitrogen and oxygen atoms in total. The molecule has 66 heavy (non-hydrogen) atoms. The highest BCUT2D eigenvalue weighted by Crippen LogP contribution is 2.57. The second kappa shape index (κ2) is 18.1. The maximum Gasteiger partial charge on any atom is 0.407 e. The van der Waals surface area contributed by atoms with Gasteiger partial charge < -0.3 is 29.9 Å². The predicted octanol–water partition coefficient (Wildman–Crippen LogP) is 8.89. The molecule has 6 aliphatic rings. The van der Waals surface area contributed by atoms with Crippen molar-refractivity contribution in [1.82, 2.24) is 25.3 Å². The SMILES string of the molecule is COC(=O)N[C@H](C(=O)N1C[C@@H](C)C[C@H]1C1=NC=C(c2ccc(-c3ccc(-c4ccc5c(c4)CC([C@@H]4C[C@H](C)CN4C(=O)[C@@H](NC(=O)OC)C(C)C)=N5)c4c3C3CCC4N3C)cc2)C1)C(C)C. The normalized spacial score (nSPS) is 25.1. The zero-order valence-electron chi connectivity index (χ0n) is 39.9. The van der Waals surface area contributed by atoms with Crippen LogP contribution in [0.4, 0.5) is 15.3 Å². The number of carbonyl (C=O) groups excluding carboxylic acids is 4. The molecule has 0 radical (unpaired) electrons. The van der Waals surface area contributed by atoms with Crippen LogP contribution < -0.4 is 10.6 Å². The van der Waals surface area contributed by atoms with E-state index in [9.17, 15) is 19.2 Å². The second-order valence-corrected chi connectivity index (χ2v) is 20.3. The van der Waals surface area contributed by atoms with Crippen molar-refractivity contribution in [1.29, 1.82) is 0 Å². The summed E-state index contributed by atoms with van der Waals surface area (Å²) in [6, 6.07) is 19.3. The van der Waals surface area contributed by atoms with Gasteiger partial charge in [-0.15, -0.1) is 0 Å². The smallest absolute Gasteiger partial charge is 0.407 e. The van der Waals surface area contributed by atoms with Gasteiger partial charge in [0.2, 0.25) is 11.8 Å². The molecule has 0 spiro atoms. The Bertz CT molecular complexity index is 2530. The molecule has 8 atom stereocenters. The number of nitrogens with one attached hydrogen (secondary N) is 2. The Hall–Kier alpha value is -5.82. The number of rotatable bonds is 11. The van der Waals surface area contributed by atoms with Crippen LogP contribution in [0.2, 0.25) is 0 Å². The molecule has 3 saturated heterocycles. The van der Waals surface area contributed by atoms with Crippen LogP contribution in [-0.4, -0.2) is 109 Å². The first kappa shape index (κ1) is 45.3. The molecule has 3 fully saturated rings. The maximum absolute atomic E-state index is 14.0. The van der Waals surface area contributed by atoms with Gasteiger partial charge in [0.25, 0.3) is 0 Å². The summed E-state index contributed by atoms with van der Waals surface area (Å²) in [6.45, 7) is 13.3. The van der Waals surface area contributed by atoms with E-state index in [0.717, 1.165) is 53.9 Å². The van der Waals surface area contributed by atoms with Crippen molar-refractivity contribution in [3.05, 3.63) is 83.1 Å². The zero-order valence-corrected chi connectivity index (χ0v) is 39.9. The van der Waals surface area contributed by atoms with E-state index in [1.165, 1.54) is 53.2 Å². The Labute approximate surface area is 389 Å². The number of allylic oxidation sites excluding steroid dienone is 1. The third-order valence-electron chi connectivity index (χ3n) is 15.1. The highest BCUT2D eigenvalue weighted by Gasteiger charge is 2.46. The molecule has 6 aliphatic heterocycles. The molecule has 0 aromatic heterocycles. The fraction of sp³-hybridized carbons (Fsp3) is 0.509. The molecule has 6 heterocycles. The number of fused-ring (bicyclic) bond motifs is 6. The number of likely N-dealkylation sites (tertiary alicyclic amines) is 2. The van der Waals surface area contributed by atoms with Crippen LogP contribution in [0, 0.1) is 23.7 Å². The van der Waals surface area contributed by atoms with Crippen molar-refractivity contribution < 1.29 is 28.7 Å². The lowest BCUT2D eigenvalue weighted by molar-refractivity contribution is -0.135. The number of hydrogen-bond donors (Lipinski definition) is 2. The van der Waals surface area contributed by atoms with Gasteiger partial charge in [0.1, 0.15) is 12.1 Å². The molecule has 0 saturated carbocycles. The summed E-state index contributed by atoms with van der Waals surface area (Å²) in [6.07, 6.45) is 6.06. The van der Waals surface area contributed by atoms with Gasteiger partial charge in [-0.05, 0) is 119 Å². The minimum Gasteiger partial charge on any atom is -0.453 e. The van der Waals surface area contributed by atoms with Gasteiger partial charge in [0, 0.05) is 55.6 Å². The molecule has 3 aromatic carbocycles. The molecule has 2 bridgehead atoms. The quantitative estimate of drug-likeness (QED) is 0.196. The molecule has 3 aromatic rings. The monoisotopic (exact) mass is 895 g/mol. The third kappa shape index (κ3) is 8.21. The first-order valence-electron chi connectivity index (χ1n) is 23.9. The summed E-state index contributed by atoms with van der Waals surface area (Å²) in [4.78, 5) is 68.7. The van der Waals surface area contributed by atoms with E-state index in [2.05, 4.69) is 91.0 Å². The molecule has 4 amide bonds. The topological polar surface area (TPSA) is 145 Å². The van der Waals surface area contributed by atoms with E-state index >= 15 is 0 Å². The van der Waals surface area contributed by atoms with Crippen LogP contribution in [-0.2, 0) is 25.5 Å². The molecule has 2 N–H and O–H groups in total. The van der Waals surface area contributed by atoms with Gasteiger partial charge in [-0.3, -0.25) is 24.5 Å². The maximum atomic E-state index is 14.0. The summed E-state index contributed by atoms with van der Waals surface area (Å²) in [5.74, 6) is 0.269. The lowest BCUT2D eigenvalue weighted by Gasteiger charge is -2.31. The van der Waals surface area contributed by atoms with E-state index in [1.54, 1.807) is 0 Å². The van der Waals surface area contributed by atoms with E-state index in [4.69, 9.17) is 19.5 Å². The largest absolute Gasteiger partial charge is 0.453 e. The molecule has 9 rings (SSSR count). The summed E-state index contributed by atoms with van der Waals surface area (Å²) in [7, 11) is 4.90. The number of amides is 4. The number of ether oxygens (including phenoxy) is 2. The van der Waals surface area contributed by atoms with Crippen LogP contribution in [0.15, 0.2) is 70.8 Å². The highest BCUT2D eigenvalue weighted by molar-refractivity contribution is 6.04. The van der Waals surface area contributed by atoms with Gasteiger partial charge in [-0.25, -0.2) is 9.59 Å². The molecular weight excluding hydrogens is 831 g/mol. The summed E-state index contributed by atoms with van der Waals surface area (Å²) in [5, 5.41) is 5.54. The van der Waals surface area contributed by atoms with Crippen molar-refractivity contribution in [2.45, 2.75) is 116 Å². The number of carbonyl (C=O) groups is 4. The molecule has 13 heteroatoms. The van der Waals surface area contributed by atoms with Crippen molar-refractivity contribution in [2.24, 2.45) is 33.7 Å². The van der Waals surface area contributed by atoms with E-state index in [0.29, 0.717) is 49.9 Å². The molecule has 0 aliphatic carbocycles. The fourth-order valence-electron chi connectivity index (χ4n) is 11.7. The Kier molecular flexibility index (Phi) is 12.4. The van der Waals surface area contributed by atoms with E-state index in [1.807, 2.05) is 43.7 Å². The number of alkyl carbamates (subject to hydrolysis) is 2. The van der Waals surface area contributed by atoms with Gasteiger partial charge in [0.15, 0.2) is 0 Å². The molecule has 2 unspecified atom stereocenters. The van der Waals surface area contributed by atoms with Gasteiger partial charge in [0.05, 0.1) is 32.0 Å². The van der Waals surface area contributed by atoms with E-state index in [-0.39, 0.29) is 35.7 Å². The lowest BCUT2D eigenvalue weighted by atomic mass is 9.81. The fourth-order valence-corrected chi connectivity index (χ4v) is 11.7. The average molecular weight is 896 g/mol. The summed E-state index contributed by atoms with van der Waals surface area (Å²) in [5.41, 5.74) is 14.2. The van der Waals surface area contributed by atoms with Crippen LogP contribution in [0.3, 0.4) is 0 Å². The van der Waals surface area contributed by atoms with E-state index < -0.39 is 24.3 Å². The van der Waals surface area contributed by atoms with Gasteiger partial charge >= 0.3 is 12.2 Å². The van der Waals surface area contributed by atoms with Gasteiger partial charge in [-0.1, -0.05) is 84.0 Å². The van der Waals surface area contributed by atoms with Crippen molar-refractivity contribution in [3.63, 3.8) is 0 Å². The number of benzene rings is 3. The lowest BCUT2D eigenvalue weighted by Crippen LogP contribution is -2.53. The Morgan fingerprint density at radius 3 is 1.68 bits per heavy atom. The standard InChI is InChI=1S/C53H65N7O6/c1-28(2)48(56-52(63)65-8)50(61)59-26-30(5)20-44(59)40-24-36(25-54-40)32-10-12-33(13-11-32)37-15-16-38(47-43-19-18-42(46(37)47)58(43)7)34-14-17-39-35(22-34)23-41(55-39)45-21-31(6)27-60(45)51(62)49(29(3)4)57-53(64)66-9/h10-17,22,25,28-31,42-45,48-49H,18-21,23-24,26-27H2,1-9H3,(H,56,63)(H,57,64)/t30-,31-,42?,43?,44-,45-,48-,49-/m0/s1. The van der Waals surface area contributed by atoms with Crippen LogP contribution >= 0.6 is 0 Å². The summed E-state index contributed by atoms with van der Waals surface area (Å²) >= 11 is 0. The van der Waals surface area contributed by atoms with Crippen molar-refractivity contribution in [2.75, 3.05) is 34.4 Å². The molecular formula is C53H65N7O6. The Morgan fingerprint density at radius 2 is 1.15 bits per heavy atom. The Balaban J connectivity index is 0.921. The number of nitrogens with zero attached hydrogens (tertiary/aromatic N) is 5. The number of methoxy groups -OCH3 is 2. The first-order chi connectivity index (χ1) is 31.6. The third-order valence-corrected chi connectivity index (χ3v) is 15.1. The van der Waals surface area contributed by atoms with Crippen molar-refractivity contribution in [3.8, 4) is 22.3 Å². The minimum atomic E-state index is -0.675. The molecule has 348 valence electrons.